The third-order valence-corrected chi connectivity index (χ3v) is 6.16. The Hall–Kier alpha value is -1.67. The van der Waals surface area contributed by atoms with Crippen LogP contribution in [-0.2, 0) is 16.6 Å². The van der Waals surface area contributed by atoms with Gasteiger partial charge in [0.1, 0.15) is 11.0 Å². The van der Waals surface area contributed by atoms with Gasteiger partial charge in [-0.05, 0) is 23.8 Å². The van der Waals surface area contributed by atoms with Gasteiger partial charge in [0, 0.05) is 30.9 Å². The number of benzene rings is 1. The Morgan fingerprint density at radius 1 is 1.25 bits per heavy atom. The Labute approximate surface area is 145 Å². The molecule has 4 rings (SSSR count). The molecule has 0 bridgehead atoms. The SMILES string of the molecule is O=S1(=O)N[C@@H]2CN(Cc3ccccc3Cl)C[C@@H]2Oc2ncccc21. The maximum atomic E-state index is 12.5. The number of rotatable bonds is 2. The molecule has 3 heterocycles. The van der Waals surface area contributed by atoms with Crippen molar-refractivity contribution in [1.29, 1.82) is 0 Å². The standard InChI is InChI=1S/C16H16ClN3O3S/c17-12-5-2-1-4-11(12)8-20-9-13-14(10-20)23-16-15(6-3-7-18-16)24(21,22)19-13/h1-7,13-14,19H,8-10H2/t13-,14+/m1/s1. The van der Waals surface area contributed by atoms with Crippen LogP contribution in [0.1, 0.15) is 5.56 Å². The van der Waals surface area contributed by atoms with Crippen LogP contribution in [0, 0.1) is 0 Å². The van der Waals surface area contributed by atoms with Crippen LogP contribution in [0.4, 0.5) is 0 Å². The van der Waals surface area contributed by atoms with Gasteiger partial charge in [-0.2, -0.15) is 0 Å². The van der Waals surface area contributed by atoms with Crippen LogP contribution in [-0.4, -0.2) is 43.5 Å². The van der Waals surface area contributed by atoms with Gasteiger partial charge < -0.3 is 4.74 Å². The summed E-state index contributed by atoms with van der Waals surface area (Å²) >= 11 is 6.21. The van der Waals surface area contributed by atoms with E-state index in [9.17, 15) is 8.42 Å². The molecule has 8 heteroatoms. The average Bonchev–Trinajstić information content (AvgIpc) is 2.86. The summed E-state index contributed by atoms with van der Waals surface area (Å²) in [6.45, 7) is 1.81. The maximum Gasteiger partial charge on any atom is 0.246 e. The highest BCUT2D eigenvalue weighted by molar-refractivity contribution is 7.89. The minimum atomic E-state index is -3.63. The van der Waals surface area contributed by atoms with Gasteiger partial charge in [-0.1, -0.05) is 29.8 Å². The van der Waals surface area contributed by atoms with E-state index in [1.54, 1.807) is 6.07 Å². The van der Waals surface area contributed by atoms with Gasteiger partial charge in [-0.25, -0.2) is 18.1 Å². The zero-order chi connectivity index (χ0) is 16.7. The van der Waals surface area contributed by atoms with Crippen molar-refractivity contribution in [1.82, 2.24) is 14.6 Å². The lowest BCUT2D eigenvalue weighted by Gasteiger charge is -2.17. The van der Waals surface area contributed by atoms with Gasteiger partial charge >= 0.3 is 0 Å². The second-order valence-corrected chi connectivity index (χ2v) is 8.07. The number of nitrogens with zero attached hydrogens (tertiary/aromatic N) is 2. The number of likely N-dealkylation sites (tertiary alicyclic amines) is 1. The maximum absolute atomic E-state index is 12.5. The Bertz CT molecular complexity index is 874. The molecular weight excluding hydrogens is 350 g/mol. The monoisotopic (exact) mass is 365 g/mol. The summed E-state index contributed by atoms with van der Waals surface area (Å²) in [5.74, 6) is 0.164. The summed E-state index contributed by atoms with van der Waals surface area (Å²) in [6.07, 6.45) is 1.25. The average molecular weight is 366 g/mol. The first-order valence-corrected chi connectivity index (χ1v) is 9.49. The molecule has 0 spiro atoms. The van der Waals surface area contributed by atoms with E-state index in [1.165, 1.54) is 12.3 Å². The van der Waals surface area contributed by atoms with Crippen LogP contribution >= 0.6 is 11.6 Å². The molecule has 2 atom stereocenters. The molecule has 126 valence electrons. The van der Waals surface area contributed by atoms with Crippen LogP contribution in [0.3, 0.4) is 0 Å². The minimum Gasteiger partial charge on any atom is -0.470 e. The van der Waals surface area contributed by atoms with E-state index < -0.39 is 10.0 Å². The zero-order valence-corrected chi connectivity index (χ0v) is 14.3. The molecule has 0 aliphatic carbocycles. The highest BCUT2D eigenvalue weighted by atomic mass is 35.5. The van der Waals surface area contributed by atoms with Gasteiger partial charge in [0.2, 0.25) is 15.9 Å². The van der Waals surface area contributed by atoms with Gasteiger partial charge in [0.15, 0.2) is 0 Å². The molecule has 0 saturated carbocycles. The van der Waals surface area contributed by atoms with Crippen molar-refractivity contribution < 1.29 is 13.2 Å². The number of fused-ring (bicyclic) bond motifs is 2. The highest BCUT2D eigenvalue weighted by Gasteiger charge is 2.41. The van der Waals surface area contributed by atoms with Crippen molar-refractivity contribution in [2.24, 2.45) is 0 Å². The Morgan fingerprint density at radius 2 is 2.08 bits per heavy atom. The van der Waals surface area contributed by atoms with E-state index in [1.807, 2.05) is 24.3 Å². The van der Waals surface area contributed by atoms with Crippen molar-refractivity contribution >= 4 is 21.6 Å². The summed E-state index contributed by atoms with van der Waals surface area (Å²) in [5.41, 5.74) is 1.01. The van der Waals surface area contributed by atoms with Gasteiger partial charge in [-0.3, -0.25) is 4.90 Å². The number of sulfonamides is 1. The number of hydrogen-bond acceptors (Lipinski definition) is 5. The molecule has 1 N–H and O–H groups in total. The first-order valence-electron chi connectivity index (χ1n) is 7.63. The largest absolute Gasteiger partial charge is 0.470 e. The number of aromatic nitrogens is 1. The highest BCUT2D eigenvalue weighted by Crippen LogP contribution is 2.29. The molecule has 2 aromatic rings. The number of halogens is 1. The van der Waals surface area contributed by atoms with E-state index in [2.05, 4.69) is 14.6 Å². The first-order chi connectivity index (χ1) is 11.5. The molecule has 0 unspecified atom stereocenters. The lowest BCUT2D eigenvalue weighted by molar-refractivity contribution is 0.176. The molecule has 1 saturated heterocycles. The third-order valence-electron chi connectivity index (χ3n) is 4.29. The third kappa shape index (κ3) is 2.88. The van der Waals surface area contributed by atoms with E-state index in [0.717, 1.165) is 5.56 Å². The number of pyridine rings is 1. The summed E-state index contributed by atoms with van der Waals surface area (Å²) in [5, 5.41) is 0.707. The van der Waals surface area contributed by atoms with Gasteiger partial charge in [0.05, 0.1) is 6.04 Å². The van der Waals surface area contributed by atoms with Crippen molar-refractivity contribution in [3.8, 4) is 5.88 Å². The minimum absolute atomic E-state index is 0.0945. The Morgan fingerprint density at radius 3 is 2.92 bits per heavy atom. The van der Waals surface area contributed by atoms with E-state index in [4.69, 9.17) is 16.3 Å². The van der Waals surface area contributed by atoms with Crippen LogP contribution in [0.15, 0.2) is 47.5 Å². The van der Waals surface area contributed by atoms with Gasteiger partial charge in [0.25, 0.3) is 0 Å². The Kier molecular flexibility index (Phi) is 3.96. The fraction of sp³-hybridized carbons (Fsp3) is 0.312. The molecule has 24 heavy (non-hydrogen) atoms. The van der Waals surface area contributed by atoms with E-state index in [0.29, 0.717) is 24.7 Å². The Balaban J connectivity index is 1.57. The van der Waals surface area contributed by atoms with Crippen molar-refractivity contribution in [3.05, 3.63) is 53.2 Å². The zero-order valence-electron chi connectivity index (χ0n) is 12.7. The molecule has 1 aromatic carbocycles. The van der Waals surface area contributed by atoms with Crippen LogP contribution in [0.5, 0.6) is 5.88 Å². The van der Waals surface area contributed by atoms with Crippen LogP contribution in [0.25, 0.3) is 0 Å². The molecule has 1 aromatic heterocycles. The summed E-state index contributed by atoms with van der Waals surface area (Å²) in [7, 11) is -3.63. The van der Waals surface area contributed by atoms with Crippen LogP contribution in [0.2, 0.25) is 5.02 Å². The quantitative estimate of drug-likeness (QED) is 0.876. The van der Waals surface area contributed by atoms with Crippen molar-refractivity contribution in [2.45, 2.75) is 23.6 Å². The fourth-order valence-electron chi connectivity index (χ4n) is 3.16. The second kappa shape index (κ2) is 6.00. The van der Waals surface area contributed by atoms with Gasteiger partial charge in [-0.15, -0.1) is 0 Å². The fourth-order valence-corrected chi connectivity index (χ4v) is 4.69. The predicted molar refractivity (Wildman–Crippen MR) is 89.5 cm³/mol. The van der Waals surface area contributed by atoms with Crippen molar-refractivity contribution in [3.63, 3.8) is 0 Å². The molecule has 2 aliphatic heterocycles. The second-order valence-electron chi connectivity index (χ2n) is 5.98. The first kappa shape index (κ1) is 15.8. The topological polar surface area (TPSA) is 71.5 Å². The smallest absolute Gasteiger partial charge is 0.246 e. The number of hydrogen-bond donors (Lipinski definition) is 1. The summed E-state index contributed by atoms with van der Waals surface area (Å²) in [6, 6.07) is 10.4. The van der Waals surface area contributed by atoms with E-state index >= 15 is 0 Å². The molecule has 0 radical (unpaired) electrons. The molecule has 1 fully saturated rings. The lowest BCUT2D eigenvalue weighted by Crippen LogP contribution is -2.42. The number of nitrogens with one attached hydrogen (secondary N) is 1. The van der Waals surface area contributed by atoms with Crippen LogP contribution < -0.4 is 9.46 Å². The normalized spacial score (nSPS) is 25.4. The molecular formula is C16H16ClN3O3S. The summed E-state index contributed by atoms with van der Waals surface area (Å²) < 4.78 is 33.6. The molecule has 0 amide bonds. The van der Waals surface area contributed by atoms with Crippen molar-refractivity contribution in [2.75, 3.05) is 13.1 Å². The summed E-state index contributed by atoms with van der Waals surface area (Å²) in [4.78, 5) is 6.30. The lowest BCUT2D eigenvalue weighted by atomic mass is 10.2. The number of ether oxygens (including phenoxy) is 1. The van der Waals surface area contributed by atoms with E-state index in [-0.39, 0.29) is 22.9 Å². The molecule has 6 nitrogen and oxygen atoms in total. The predicted octanol–water partition coefficient (Wildman–Crippen LogP) is 1.66. The molecule has 2 aliphatic rings.